The van der Waals surface area contributed by atoms with Crippen LogP contribution >= 0.6 is 0 Å². The van der Waals surface area contributed by atoms with Gasteiger partial charge in [0.15, 0.2) is 0 Å². The van der Waals surface area contributed by atoms with E-state index in [1.54, 1.807) is 0 Å². The molecule has 0 aliphatic heterocycles. The Kier molecular flexibility index (Phi) is 5.57. The predicted molar refractivity (Wildman–Crippen MR) is 91.9 cm³/mol. The molecule has 2 rings (SSSR count). The molecule has 0 saturated heterocycles. The average molecular weight is 285 g/mol. The first-order valence-corrected chi connectivity index (χ1v) is 7.99. The number of para-hydroxylation sites is 1. The molecule has 1 atom stereocenters. The highest BCUT2D eigenvalue weighted by Crippen LogP contribution is 2.28. The summed E-state index contributed by atoms with van der Waals surface area (Å²) in [6.45, 7) is 8.45. The Balaban J connectivity index is 2.43. The number of rotatable bonds is 7. The second kappa shape index (κ2) is 7.41. The van der Waals surface area contributed by atoms with Crippen LogP contribution in [-0.2, 0) is 6.54 Å². The highest BCUT2D eigenvalue weighted by atomic mass is 15.1. The summed E-state index contributed by atoms with van der Waals surface area (Å²) in [5.41, 5.74) is 3.48. The molecule has 0 fully saturated rings. The van der Waals surface area contributed by atoms with Crippen molar-refractivity contribution in [2.24, 2.45) is 0 Å². The Morgan fingerprint density at radius 1 is 1.24 bits per heavy atom. The average Bonchev–Trinajstić information content (AvgIpc) is 2.51. The molecule has 114 valence electrons. The number of anilines is 1. The second-order valence-corrected chi connectivity index (χ2v) is 5.68. The van der Waals surface area contributed by atoms with E-state index in [2.05, 4.69) is 68.4 Å². The Labute approximate surface area is 128 Å². The zero-order valence-corrected chi connectivity index (χ0v) is 13.7. The maximum absolute atomic E-state index is 4.77. The first-order chi connectivity index (χ1) is 10.2. The third kappa shape index (κ3) is 3.73. The maximum atomic E-state index is 4.77. The van der Waals surface area contributed by atoms with Crippen molar-refractivity contribution in [3.05, 3.63) is 36.0 Å². The van der Waals surface area contributed by atoms with Crippen LogP contribution in [0.15, 0.2) is 30.3 Å². The van der Waals surface area contributed by atoms with Crippen molar-refractivity contribution >= 4 is 16.6 Å². The van der Waals surface area contributed by atoms with Gasteiger partial charge in [-0.3, -0.25) is 4.98 Å². The minimum Gasteiger partial charge on any atom is -0.371 e. The fraction of sp³-hybridized carbons (Fsp3) is 0.500. The van der Waals surface area contributed by atoms with Gasteiger partial charge in [0, 0.05) is 30.7 Å². The minimum atomic E-state index is 0.535. The van der Waals surface area contributed by atoms with Crippen LogP contribution in [0.25, 0.3) is 10.9 Å². The highest BCUT2D eigenvalue weighted by molar-refractivity contribution is 5.92. The molecular formula is C18H27N3. The molecule has 0 aliphatic carbocycles. The maximum Gasteiger partial charge on any atom is 0.0726 e. The van der Waals surface area contributed by atoms with Crippen LogP contribution in [0.1, 0.15) is 39.3 Å². The van der Waals surface area contributed by atoms with E-state index in [-0.39, 0.29) is 0 Å². The Hall–Kier alpha value is -1.61. The largest absolute Gasteiger partial charge is 0.371 e. The topological polar surface area (TPSA) is 28.2 Å². The highest BCUT2D eigenvalue weighted by Gasteiger charge is 2.14. The van der Waals surface area contributed by atoms with Crippen LogP contribution in [-0.4, -0.2) is 24.6 Å². The lowest BCUT2D eigenvalue weighted by Crippen LogP contribution is -2.29. The van der Waals surface area contributed by atoms with Gasteiger partial charge in [0.25, 0.3) is 0 Å². The van der Waals surface area contributed by atoms with Crippen LogP contribution in [0, 0.1) is 0 Å². The van der Waals surface area contributed by atoms with Crippen molar-refractivity contribution < 1.29 is 0 Å². The Bertz CT molecular complexity index is 580. The summed E-state index contributed by atoms with van der Waals surface area (Å²) >= 11 is 0. The number of nitrogens with one attached hydrogen (secondary N) is 1. The molecule has 1 aromatic heterocycles. The van der Waals surface area contributed by atoms with Gasteiger partial charge >= 0.3 is 0 Å². The number of nitrogens with zero attached hydrogens (tertiary/aromatic N) is 2. The van der Waals surface area contributed by atoms with Crippen molar-refractivity contribution in [3.63, 3.8) is 0 Å². The van der Waals surface area contributed by atoms with Crippen LogP contribution in [0.5, 0.6) is 0 Å². The Morgan fingerprint density at radius 3 is 2.71 bits per heavy atom. The zero-order chi connectivity index (χ0) is 15.2. The van der Waals surface area contributed by atoms with Gasteiger partial charge in [0.2, 0.25) is 0 Å². The van der Waals surface area contributed by atoms with Gasteiger partial charge < -0.3 is 10.2 Å². The van der Waals surface area contributed by atoms with E-state index in [1.807, 2.05) is 0 Å². The third-order valence-electron chi connectivity index (χ3n) is 4.05. The second-order valence-electron chi connectivity index (χ2n) is 5.68. The van der Waals surface area contributed by atoms with E-state index in [0.29, 0.717) is 6.04 Å². The molecule has 3 heteroatoms. The lowest BCUT2D eigenvalue weighted by molar-refractivity contribution is 0.616. The molecule has 1 unspecified atom stereocenters. The van der Waals surface area contributed by atoms with Gasteiger partial charge in [-0.15, -0.1) is 0 Å². The monoisotopic (exact) mass is 285 g/mol. The van der Waals surface area contributed by atoms with E-state index in [0.717, 1.165) is 24.3 Å². The molecule has 21 heavy (non-hydrogen) atoms. The molecule has 0 bridgehead atoms. The predicted octanol–water partition coefficient (Wildman–Crippen LogP) is 3.97. The van der Waals surface area contributed by atoms with Crippen molar-refractivity contribution in [1.82, 2.24) is 10.3 Å². The quantitative estimate of drug-likeness (QED) is 0.834. The number of aromatic nitrogens is 1. The first kappa shape index (κ1) is 15.8. The van der Waals surface area contributed by atoms with Gasteiger partial charge in [0.05, 0.1) is 11.2 Å². The molecule has 1 N–H and O–H groups in total. The zero-order valence-electron chi connectivity index (χ0n) is 13.7. The number of fused-ring (bicyclic) bond motifs is 1. The van der Waals surface area contributed by atoms with Crippen molar-refractivity contribution in [2.45, 2.75) is 46.2 Å². The van der Waals surface area contributed by atoms with Crippen LogP contribution in [0.3, 0.4) is 0 Å². The summed E-state index contributed by atoms with van der Waals surface area (Å²) in [6, 6.07) is 11.2. The van der Waals surface area contributed by atoms with Crippen molar-refractivity contribution in [2.75, 3.05) is 18.5 Å². The van der Waals surface area contributed by atoms with Gasteiger partial charge in [-0.05, 0) is 32.0 Å². The van der Waals surface area contributed by atoms with E-state index in [9.17, 15) is 0 Å². The third-order valence-corrected chi connectivity index (χ3v) is 4.05. The number of benzene rings is 1. The molecule has 1 heterocycles. The summed E-state index contributed by atoms with van der Waals surface area (Å²) < 4.78 is 0. The summed E-state index contributed by atoms with van der Waals surface area (Å²) in [5, 5.41) is 4.61. The molecule has 1 aromatic carbocycles. The van der Waals surface area contributed by atoms with Gasteiger partial charge in [-0.1, -0.05) is 38.5 Å². The molecule has 3 nitrogen and oxygen atoms in total. The number of hydrogen-bond donors (Lipinski definition) is 1. The van der Waals surface area contributed by atoms with E-state index < -0.39 is 0 Å². The number of pyridine rings is 1. The Morgan fingerprint density at radius 2 is 2.00 bits per heavy atom. The minimum absolute atomic E-state index is 0.535. The SMILES string of the molecule is CCCC(C)N(C)c1cc(CNCC)nc2ccccc12. The molecule has 0 radical (unpaired) electrons. The van der Waals surface area contributed by atoms with E-state index in [1.165, 1.54) is 23.9 Å². The first-order valence-electron chi connectivity index (χ1n) is 7.99. The van der Waals surface area contributed by atoms with E-state index in [4.69, 9.17) is 4.98 Å². The summed E-state index contributed by atoms with van der Waals surface area (Å²) in [5.74, 6) is 0. The summed E-state index contributed by atoms with van der Waals surface area (Å²) in [7, 11) is 2.19. The smallest absolute Gasteiger partial charge is 0.0726 e. The van der Waals surface area contributed by atoms with Crippen LogP contribution in [0.2, 0.25) is 0 Å². The van der Waals surface area contributed by atoms with Crippen LogP contribution in [0.4, 0.5) is 5.69 Å². The van der Waals surface area contributed by atoms with Gasteiger partial charge in [0.1, 0.15) is 0 Å². The fourth-order valence-corrected chi connectivity index (χ4v) is 2.69. The van der Waals surface area contributed by atoms with Gasteiger partial charge in [-0.25, -0.2) is 0 Å². The molecule has 0 spiro atoms. The number of hydrogen-bond acceptors (Lipinski definition) is 3. The molecule has 0 aliphatic rings. The summed E-state index contributed by atoms with van der Waals surface area (Å²) in [4.78, 5) is 7.16. The van der Waals surface area contributed by atoms with Gasteiger partial charge in [-0.2, -0.15) is 0 Å². The van der Waals surface area contributed by atoms with Crippen molar-refractivity contribution in [3.8, 4) is 0 Å². The normalized spacial score (nSPS) is 12.6. The standard InChI is InChI=1S/C18H27N3/c1-5-9-14(3)21(4)18-12-15(13-19-6-2)20-17-11-8-7-10-16(17)18/h7-8,10-12,14,19H,5-6,9,13H2,1-4H3. The van der Waals surface area contributed by atoms with E-state index >= 15 is 0 Å². The molecule has 0 saturated carbocycles. The fourth-order valence-electron chi connectivity index (χ4n) is 2.69. The lowest BCUT2D eigenvalue weighted by Gasteiger charge is -2.28. The lowest BCUT2D eigenvalue weighted by atomic mass is 10.1. The summed E-state index contributed by atoms with van der Waals surface area (Å²) in [6.07, 6.45) is 2.41. The van der Waals surface area contributed by atoms with Crippen LogP contribution < -0.4 is 10.2 Å². The molecule has 2 aromatic rings. The molecular weight excluding hydrogens is 258 g/mol. The van der Waals surface area contributed by atoms with Crippen molar-refractivity contribution in [1.29, 1.82) is 0 Å². The molecule has 0 amide bonds.